The van der Waals surface area contributed by atoms with Crippen molar-refractivity contribution in [3.8, 4) is 0 Å². The maximum absolute atomic E-state index is 12.3. The Labute approximate surface area is 139 Å². The summed E-state index contributed by atoms with van der Waals surface area (Å²) in [5, 5.41) is 2.95. The molecule has 1 aliphatic heterocycles. The molecule has 1 atom stereocenters. The Morgan fingerprint density at radius 3 is 2.74 bits per heavy atom. The number of hydrogen-bond donors (Lipinski definition) is 1. The number of para-hydroxylation sites is 1. The fourth-order valence-corrected chi connectivity index (χ4v) is 3.19. The monoisotopic (exact) mass is 316 g/mol. The van der Waals surface area contributed by atoms with Gasteiger partial charge in [0.25, 0.3) is 0 Å². The van der Waals surface area contributed by atoms with Crippen LogP contribution in [0.15, 0.2) is 18.2 Å². The van der Waals surface area contributed by atoms with Gasteiger partial charge in [-0.1, -0.05) is 39.0 Å². The van der Waals surface area contributed by atoms with Crippen molar-refractivity contribution < 1.29 is 9.59 Å². The van der Waals surface area contributed by atoms with E-state index in [4.69, 9.17) is 0 Å². The fourth-order valence-electron chi connectivity index (χ4n) is 3.19. The van der Waals surface area contributed by atoms with Gasteiger partial charge in [0.1, 0.15) is 6.42 Å². The SMILES string of the molecule is Cc1cccc(C(C)C)c1NC(=O)CC(=O)N1CCCC(C)C1. The van der Waals surface area contributed by atoms with Gasteiger partial charge in [-0.3, -0.25) is 9.59 Å². The molecule has 1 heterocycles. The van der Waals surface area contributed by atoms with Crippen LogP contribution in [0, 0.1) is 12.8 Å². The van der Waals surface area contributed by atoms with Crippen molar-refractivity contribution in [2.45, 2.75) is 52.9 Å². The number of rotatable bonds is 4. The molecule has 0 spiro atoms. The zero-order valence-electron chi connectivity index (χ0n) is 14.7. The summed E-state index contributed by atoms with van der Waals surface area (Å²) in [5.74, 6) is 0.571. The van der Waals surface area contributed by atoms with Gasteiger partial charge in [-0.15, -0.1) is 0 Å². The third-order valence-corrected chi connectivity index (χ3v) is 4.51. The molecule has 0 aromatic heterocycles. The number of nitrogens with zero attached hydrogens (tertiary/aromatic N) is 1. The number of piperidine rings is 1. The minimum atomic E-state index is -0.218. The molecule has 0 radical (unpaired) electrons. The number of aryl methyl sites for hydroxylation is 1. The lowest BCUT2D eigenvalue weighted by Gasteiger charge is -2.30. The van der Waals surface area contributed by atoms with E-state index in [0.717, 1.165) is 42.7 Å². The maximum Gasteiger partial charge on any atom is 0.233 e. The summed E-state index contributed by atoms with van der Waals surface area (Å²) in [6, 6.07) is 6.01. The molecule has 1 aromatic carbocycles. The van der Waals surface area contributed by atoms with E-state index < -0.39 is 0 Å². The summed E-state index contributed by atoms with van der Waals surface area (Å²) in [7, 11) is 0. The second kappa shape index (κ2) is 7.62. The molecule has 23 heavy (non-hydrogen) atoms. The first-order valence-electron chi connectivity index (χ1n) is 8.55. The minimum Gasteiger partial charge on any atom is -0.342 e. The van der Waals surface area contributed by atoms with Crippen molar-refractivity contribution in [1.29, 1.82) is 0 Å². The average Bonchev–Trinajstić information content (AvgIpc) is 2.49. The van der Waals surface area contributed by atoms with E-state index in [1.54, 1.807) is 0 Å². The average molecular weight is 316 g/mol. The molecule has 1 unspecified atom stereocenters. The highest BCUT2D eigenvalue weighted by Gasteiger charge is 2.23. The van der Waals surface area contributed by atoms with Crippen molar-refractivity contribution in [3.05, 3.63) is 29.3 Å². The second-order valence-corrected chi connectivity index (χ2v) is 7.01. The van der Waals surface area contributed by atoms with Crippen LogP contribution in [-0.4, -0.2) is 29.8 Å². The molecule has 0 saturated carbocycles. The van der Waals surface area contributed by atoms with E-state index in [1.165, 1.54) is 0 Å². The maximum atomic E-state index is 12.3. The van der Waals surface area contributed by atoms with Crippen LogP contribution >= 0.6 is 0 Å². The van der Waals surface area contributed by atoms with Crippen molar-refractivity contribution >= 4 is 17.5 Å². The van der Waals surface area contributed by atoms with Gasteiger partial charge < -0.3 is 10.2 Å². The lowest BCUT2D eigenvalue weighted by molar-refractivity contribution is -0.136. The Balaban J connectivity index is 2.01. The normalized spacial score (nSPS) is 18.1. The molecule has 2 rings (SSSR count). The first kappa shape index (κ1) is 17.5. The largest absolute Gasteiger partial charge is 0.342 e. The highest BCUT2D eigenvalue weighted by Crippen LogP contribution is 2.27. The number of carbonyl (C=O) groups is 2. The van der Waals surface area contributed by atoms with Gasteiger partial charge in [0.15, 0.2) is 0 Å². The Hall–Kier alpha value is -1.84. The van der Waals surface area contributed by atoms with E-state index >= 15 is 0 Å². The van der Waals surface area contributed by atoms with Crippen LogP contribution in [0.3, 0.4) is 0 Å². The Bertz CT molecular complexity index is 581. The number of likely N-dealkylation sites (tertiary alicyclic amines) is 1. The molecule has 1 N–H and O–H groups in total. The van der Waals surface area contributed by atoms with E-state index in [-0.39, 0.29) is 18.2 Å². The fraction of sp³-hybridized carbons (Fsp3) is 0.579. The van der Waals surface area contributed by atoms with Crippen LogP contribution < -0.4 is 5.32 Å². The van der Waals surface area contributed by atoms with E-state index in [1.807, 2.05) is 30.0 Å². The van der Waals surface area contributed by atoms with Gasteiger partial charge in [-0.2, -0.15) is 0 Å². The second-order valence-electron chi connectivity index (χ2n) is 7.01. The van der Waals surface area contributed by atoms with Crippen LogP contribution in [0.1, 0.15) is 57.1 Å². The van der Waals surface area contributed by atoms with Gasteiger partial charge in [-0.25, -0.2) is 0 Å². The molecule has 4 heteroatoms. The third kappa shape index (κ3) is 4.57. The number of benzene rings is 1. The molecule has 1 saturated heterocycles. The van der Waals surface area contributed by atoms with Crippen LogP contribution in [0.2, 0.25) is 0 Å². The van der Waals surface area contributed by atoms with Gasteiger partial charge in [-0.05, 0) is 42.7 Å². The van der Waals surface area contributed by atoms with E-state index in [2.05, 4.69) is 26.1 Å². The number of hydrogen-bond acceptors (Lipinski definition) is 2. The predicted octanol–water partition coefficient (Wildman–Crippen LogP) is 3.71. The van der Waals surface area contributed by atoms with E-state index in [9.17, 15) is 9.59 Å². The molecular weight excluding hydrogens is 288 g/mol. The molecule has 1 fully saturated rings. The lowest BCUT2D eigenvalue weighted by Crippen LogP contribution is -2.40. The molecule has 1 aliphatic rings. The van der Waals surface area contributed by atoms with Gasteiger partial charge in [0, 0.05) is 18.8 Å². The first-order chi connectivity index (χ1) is 10.9. The molecule has 0 bridgehead atoms. The van der Waals surface area contributed by atoms with Gasteiger partial charge in [0.2, 0.25) is 11.8 Å². The van der Waals surface area contributed by atoms with Crippen molar-refractivity contribution in [1.82, 2.24) is 4.90 Å². The van der Waals surface area contributed by atoms with Crippen LogP contribution in [0.25, 0.3) is 0 Å². The minimum absolute atomic E-state index is 0.0614. The topological polar surface area (TPSA) is 49.4 Å². The summed E-state index contributed by atoms with van der Waals surface area (Å²) < 4.78 is 0. The van der Waals surface area contributed by atoms with Crippen LogP contribution in [0.4, 0.5) is 5.69 Å². The van der Waals surface area contributed by atoms with Gasteiger partial charge >= 0.3 is 0 Å². The number of amides is 2. The quantitative estimate of drug-likeness (QED) is 0.861. The van der Waals surface area contributed by atoms with Crippen molar-refractivity contribution in [3.63, 3.8) is 0 Å². The van der Waals surface area contributed by atoms with Gasteiger partial charge in [0.05, 0.1) is 0 Å². The number of nitrogens with one attached hydrogen (secondary N) is 1. The summed E-state index contributed by atoms with van der Waals surface area (Å²) in [4.78, 5) is 26.5. The van der Waals surface area contributed by atoms with Crippen molar-refractivity contribution in [2.24, 2.45) is 5.92 Å². The highest BCUT2D eigenvalue weighted by atomic mass is 16.2. The van der Waals surface area contributed by atoms with E-state index in [0.29, 0.717) is 11.8 Å². The number of anilines is 1. The number of carbonyl (C=O) groups excluding carboxylic acids is 2. The summed E-state index contributed by atoms with van der Waals surface area (Å²) in [6.45, 7) is 9.89. The molecule has 2 amide bonds. The zero-order valence-corrected chi connectivity index (χ0v) is 14.7. The smallest absolute Gasteiger partial charge is 0.233 e. The third-order valence-electron chi connectivity index (χ3n) is 4.51. The Morgan fingerprint density at radius 2 is 2.09 bits per heavy atom. The Morgan fingerprint density at radius 1 is 1.35 bits per heavy atom. The molecule has 126 valence electrons. The summed E-state index contributed by atoms with van der Waals surface area (Å²) in [6.07, 6.45) is 2.12. The molecule has 1 aromatic rings. The summed E-state index contributed by atoms with van der Waals surface area (Å²) in [5.41, 5.74) is 2.99. The zero-order chi connectivity index (χ0) is 17.0. The Kier molecular flexibility index (Phi) is 5.80. The van der Waals surface area contributed by atoms with Crippen molar-refractivity contribution in [2.75, 3.05) is 18.4 Å². The summed E-state index contributed by atoms with van der Waals surface area (Å²) >= 11 is 0. The van der Waals surface area contributed by atoms with Crippen LogP contribution in [0.5, 0.6) is 0 Å². The molecule has 4 nitrogen and oxygen atoms in total. The lowest BCUT2D eigenvalue weighted by atomic mass is 9.98. The molecular formula is C19H28N2O2. The van der Waals surface area contributed by atoms with Crippen LogP contribution in [-0.2, 0) is 9.59 Å². The molecule has 0 aliphatic carbocycles. The standard InChI is InChI=1S/C19H28N2O2/c1-13(2)16-9-5-8-15(4)19(16)20-17(22)11-18(23)21-10-6-7-14(3)12-21/h5,8-9,13-14H,6-7,10-12H2,1-4H3,(H,20,22). The highest BCUT2D eigenvalue weighted by molar-refractivity contribution is 6.04. The first-order valence-corrected chi connectivity index (χ1v) is 8.55. The predicted molar refractivity (Wildman–Crippen MR) is 93.5 cm³/mol.